The molecule has 2 heterocycles. The number of Topliss-reactive ketones (excluding diaryl/α,β-unsaturated/α-hetero) is 1. The topological polar surface area (TPSA) is 111 Å². The number of nitrogens with one attached hydrogen (secondary N) is 1. The molecule has 0 fully saturated rings. The van der Waals surface area contributed by atoms with Crippen LogP contribution in [0.4, 0.5) is 0 Å². The molecule has 0 saturated carbocycles. The van der Waals surface area contributed by atoms with Crippen LogP contribution in [0, 0.1) is 0 Å². The van der Waals surface area contributed by atoms with E-state index in [-0.39, 0.29) is 23.7 Å². The van der Waals surface area contributed by atoms with E-state index in [1.165, 1.54) is 54.6 Å². The van der Waals surface area contributed by atoms with Crippen molar-refractivity contribution >= 4 is 23.2 Å². The van der Waals surface area contributed by atoms with Crippen LogP contribution < -0.4 is 10.9 Å². The Morgan fingerprint density at radius 2 is 1.90 bits per heavy atom. The number of carbonyl (C=O) groups excluding carboxylic acids is 2. The summed E-state index contributed by atoms with van der Waals surface area (Å²) < 4.78 is 11.3. The van der Waals surface area contributed by atoms with E-state index in [2.05, 4.69) is 59.8 Å². The molecule has 0 aliphatic carbocycles. The fraction of sp³-hybridized carbons (Fsp3) is 0.469. The molecule has 0 aliphatic heterocycles. The SMILES string of the molecule is CCC(=O)c1c(O)cc(C(C)CC/C=C/NC)oc1=O.CCCCc1ccc2c(c1)cc(CC)n2C.COC=O. The molecular formula is C32H46N2O6. The Labute approximate surface area is 238 Å². The highest BCUT2D eigenvalue weighted by Crippen LogP contribution is 2.25. The van der Waals surface area contributed by atoms with Crippen molar-refractivity contribution in [3.8, 4) is 5.75 Å². The first-order chi connectivity index (χ1) is 19.2. The second kappa shape index (κ2) is 18.5. The molecule has 1 atom stereocenters. The van der Waals surface area contributed by atoms with Crippen molar-refractivity contribution in [1.29, 1.82) is 0 Å². The number of ether oxygens (including phenoxy) is 1. The largest absolute Gasteiger partial charge is 0.507 e. The van der Waals surface area contributed by atoms with Crippen molar-refractivity contribution in [2.24, 2.45) is 7.05 Å². The van der Waals surface area contributed by atoms with Crippen molar-refractivity contribution in [3.05, 3.63) is 75.6 Å². The van der Waals surface area contributed by atoms with Gasteiger partial charge in [-0.25, -0.2) is 4.79 Å². The number of unbranched alkanes of at least 4 members (excludes halogenated alkanes) is 1. The molecule has 40 heavy (non-hydrogen) atoms. The van der Waals surface area contributed by atoms with E-state index in [1.54, 1.807) is 6.92 Å². The van der Waals surface area contributed by atoms with E-state index in [0.717, 1.165) is 19.3 Å². The number of aromatic nitrogens is 1. The zero-order valence-electron chi connectivity index (χ0n) is 25.1. The summed E-state index contributed by atoms with van der Waals surface area (Å²) in [4.78, 5) is 32.3. The fourth-order valence-corrected chi connectivity index (χ4v) is 4.20. The summed E-state index contributed by atoms with van der Waals surface area (Å²) in [7, 11) is 5.29. The van der Waals surface area contributed by atoms with Crippen molar-refractivity contribution in [2.75, 3.05) is 14.2 Å². The number of fused-ring (bicyclic) bond motifs is 1. The van der Waals surface area contributed by atoms with Crippen molar-refractivity contribution in [3.63, 3.8) is 0 Å². The second-order valence-electron chi connectivity index (χ2n) is 9.52. The van der Waals surface area contributed by atoms with Crippen molar-refractivity contribution in [2.45, 2.75) is 78.6 Å². The van der Waals surface area contributed by atoms with Gasteiger partial charge in [0, 0.05) is 49.1 Å². The third kappa shape index (κ3) is 10.4. The minimum absolute atomic E-state index is 0.0131. The molecule has 220 valence electrons. The number of hydrogen-bond acceptors (Lipinski definition) is 7. The average molecular weight is 555 g/mol. The van der Waals surface area contributed by atoms with Gasteiger partial charge in [0.15, 0.2) is 5.78 Å². The molecule has 3 aromatic rings. The lowest BCUT2D eigenvalue weighted by atomic mass is 10.0. The van der Waals surface area contributed by atoms with Crippen LogP contribution in [0.1, 0.15) is 93.1 Å². The highest BCUT2D eigenvalue weighted by molar-refractivity contribution is 5.97. The number of carbonyl (C=O) groups is 2. The normalized spacial score (nSPS) is 11.3. The molecule has 0 spiro atoms. The van der Waals surface area contributed by atoms with Crippen LogP contribution in [0.2, 0.25) is 0 Å². The second-order valence-corrected chi connectivity index (χ2v) is 9.52. The predicted molar refractivity (Wildman–Crippen MR) is 161 cm³/mol. The summed E-state index contributed by atoms with van der Waals surface area (Å²) in [5.74, 6) is -0.313. The molecule has 2 aromatic heterocycles. The number of nitrogens with zero attached hydrogens (tertiary/aromatic N) is 1. The maximum atomic E-state index is 11.8. The van der Waals surface area contributed by atoms with E-state index in [4.69, 9.17) is 9.21 Å². The number of hydrogen-bond donors (Lipinski definition) is 2. The third-order valence-corrected chi connectivity index (χ3v) is 6.57. The summed E-state index contributed by atoms with van der Waals surface area (Å²) in [5.41, 5.74) is 3.24. The van der Waals surface area contributed by atoms with Gasteiger partial charge in [0.05, 0.1) is 7.11 Å². The lowest BCUT2D eigenvalue weighted by Crippen LogP contribution is -2.15. The summed E-state index contributed by atoms with van der Waals surface area (Å²) in [6, 6.07) is 10.6. The molecule has 3 rings (SSSR count). The van der Waals surface area contributed by atoms with Gasteiger partial charge in [0.25, 0.3) is 6.47 Å². The Balaban J connectivity index is 0.000000358. The first-order valence-corrected chi connectivity index (χ1v) is 13.9. The standard InChI is InChI=1S/C15H21NO4.C15H21N.C2H4O2/c1-4-11(17)14-12(18)9-13(20-15(14)19)10(2)7-5-6-8-16-3;1-4-6-7-12-8-9-15-13(10-12)11-14(5-2)16(15)3;1-4-2-3/h6,8-10,16,18H,4-5,7H2,1-3H3;8-11H,4-7H2,1-3H3;2H,1H3/b8-6+;;. The average Bonchev–Trinajstić information content (AvgIpc) is 3.28. The molecule has 2 N–H and O–H groups in total. The molecule has 0 bridgehead atoms. The zero-order chi connectivity index (χ0) is 30.1. The summed E-state index contributed by atoms with van der Waals surface area (Å²) >= 11 is 0. The predicted octanol–water partition coefficient (Wildman–Crippen LogP) is 6.43. The van der Waals surface area contributed by atoms with Gasteiger partial charge >= 0.3 is 5.63 Å². The Morgan fingerprint density at radius 3 is 2.45 bits per heavy atom. The van der Waals surface area contributed by atoms with Crippen LogP contribution >= 0.6 is 0 Å². The van der Waals surface area contributed by atoms with Crippen LogP contribution in [0.5, 0.6) is 5.75 Å². The van der Waals surface area contributed by atoms with Gasteiger partial charge in [-0.05, 0) is 62.1 Å². The minimum Gasteiger partial charge on any atom is -0.507 e. The molecule has 0 aliphatic rings. The highest BCUT2D eigenvalue weighted by atomic mass is 16.5. The van der Waals surface area contributed by atoms with Crippen LogP contribution in [0.3, 0.4) is 0 Å². The first-order valence-electron chi connectivity index (χ1n) is 13.9. The molecule has 1 unspecified atom stereocenters. The van der Waals surface area contributed by atoms with Gasteiger partial charge in [-0.1, -0.05) is 46.3 Å². The van der Waals surface area contributed by atoms with Gasteiger partial charge in [0.1, 0.15) is 17.1 Å². The molecule has 0 amide bonds. The smallest absolute Gasteiger partial charge is 0.350 e. The molecular weight excluding hydrogens is 508 g/mol. The Bertz CT molecular complexity index is 1290. The van der Waals surface area contributed by atoms with Crippen LogP contribution in [0.15, 0.2) is 51.8 Å². The number of ketones is 1. The van der Waals surface area contributed by atoms with E-state index in [1.807, 2.05) is 26.2 Å². The van der Waals surface area contributed by atoms with Gasteiger partial charge in [-0.2, -0.15) is 0 Å². The van der Waals surface area contributed by atoms with E-state index in [9.17, 15) is 14.7 Å². The van der Waals surface area contributed by atoms with E-state index < -0.39 is 11.4 Å². The Hall–Kier alpha value is -3.81. The summed E-state index contributed by atoms with van der Waals surface area (Å²) in [6.07, 6.45) is 10.4. The molecule has 8 nitrogen and oxygen atoms in total. The number of benzene rings is 1. The van der Waals surface area contributed by atoms with Gasteiger partial charge in [-0.3, -0.25) is 9.59 Å². The van der Waals surface area contributed by atoms with Gasteiger partial charge in [0.2, 0.25) is 0 Å². The number of rotatable bonds is 12. The van der Waals surface area contributed by atoms with Crippen molar-refractivity contribution in [1.82, 2.24) is 9.88 Å². The summed E-state index contributed by atoms with van der Waals surface area (Å²) in [6.45, 7) is 8.38. The molecule has 1 aromatic carbocycles. The van der Waals surface area contributed by atoms with Gasteiger partial charge in [-0.15, -0.1) is 0 Å². The van der Waals surface area contributed by atoms with Crippen LogP contribution in [-0.2, 0) is 29.4 Å². The van der Waals surface area contributed by atoms with Gasteiger partial charge < -0.3 is 24.1 Å². The number of aryl methyl sites for hydroxylation is 3. The van der Waals surface area contributed by atoms with Crippen LogP contribution in [-0.4, -0.2) is 36.1 Å². The maximum absolute atomic E-state index is 11.8. The Kier molecular flexibility index (Phi) is 15.8. The van der Waals surface area contributed by atoms with Crippen molar-refractivity contribution < 1.29 is 23.8 Å². The highest BCUT2D eigenvalue weighted by Gasteiger charge is 2.19. The number of methoxy groups -OCH3 is 1. The lowest BCUT2D eigenvalue weighted by molar-refractivity contribution is -0.126. The zero-order valence-corrected chi connectivity index (χ0v) is 25.1. The molecule has 0 saturated heterocycles. The Morgan fingerprint density at radius 1 is 1.20 bits per heavy atom. The fourth-order valence-electron chi connectivity index (χ4n) is 4.20. The lowest BCUT2D eigenvalue weighted by Gasteiger charge is -2.10. The molecule has 0 radical (unpaired) electrons. The quantitative estimate of drug-likeness (QED) is 0.196. The number of allylic oxidation sites excluding steroid dienone is 1. The van der Waals surface area contributed by atoms with E-state index >= 15 is 0 Å². The minimum atomic E-state index is -0.760. The first kappa shape index (κ1) is 34.2. The maximum Gasteiger partial charge on any atom is 0.350 e. The van der Waals surface area contributed by atoms with Crippen LogP contribution in [0.25, 0.3) is 10.9 Å². The monoisotopic (exact) mass is 554 g/mol. The molecule has 8 heteroatoms. The third-order valence-electron chi connectivity index (χ3n) is 6.57. The summed E-state index contributed by atoms with van der Waals surface area (Å²) in [5, 5.41) is 14.1. The van der Waals surface area contributed by atoms with E-state index in [0.29, 0.717) is 12.2 Å². The number of aromatic hydroxyl groups is 1.